The van der Waals surface area contributed by atoms with E-state index in [1.54, 1.807) is 60.5 Å². The van der Waals surface area contributed by atoms with Gasteiger partial charge in [-0.3, -0.25) is 19.5 Å². The molecule has 0 atom stereocenters. The highest BCUT2D eigenvalue weighted by atomic mass is 32.2. The van der Waals surface area contributed by atoms with E-state index in [1.165, 1.54) is 26.2 Å². The quantitative estimate of drug-likeness (QED) is 0.240. The third kappa shape index (κ3) is 5.28. The number of nitriles is 1. The van der Waals surface area contributed by atoms with Crippen LogP contribution in [0.25, 0.3) is 23.0 Å². The number of carbonyl (C=O) groups is 2. The van der Waals surface area contributed by atoms with Gasteiger partial charge in [-0.1, -0.05) is 36.4 Å². The molecule has 0 spiro atoms. The van der Waals surface area contributed by atoms with E-state index in [-0.39, 0.29) is 28.2 Å². The molecule has 0 aliphatic carbocycles. The maximum Gasteiger partial charge on any atom is 0.271 e. The lowest BCUT2D eigenvalue weighted by Gasteiger charge is -2.27. The summed E-state index contributed by atoms with van der Waals surface area (Å²) < 4.78 is 28.5. The Bertz CT molecular complexity index is 1900. The number of carbonyl (C=O) groups excluding carboxylic acids is 2. The Kier molecular flexibility index (Phi) is 7.67. The maximum absolute atomic E-state index is 13.8. The summed E-state index contributed by atoms with van der Waals surface area (Å²) in [4.78, 5) is 32.1. The molecule has 0 radical (unpaired) electrons. The van der Waals surface area contributed by atoms with Crippen molar-refractivity contribution in [3.8, 4) is 23.0 Å². The smallest absolute Gasteiger partial charge is 0.269 e. The molecular formula is C31H26N6O4S. The monoisotopic (exact) mass is 578 g/mol. The van der Waals surface area contributed by atoms with Crippen LogP contribution in [0.4, 0.5) is 0 Å². The summed E-state index contributed by atoms with van der Waals surface area (Å²) in [6.07, 6.45) is 6.45. The molecule has 1 aliphatic rings. The fourth-order valence-electron chi connectivity index (χ4n) is 4.55. The average molecular weight is 579 g/mol. The lowest BCUT2D eigenvalue weighted by Crippen LogP contribution is -2.42. The van der Waals surface area contributed by atoms with Crippen molar-refractivity contribution in [2.24, 2.45) is 0 Å². The van der Waals surface area contributed by atoms with Gasteiger partial charge in [0.05, 0.1) is 17.1 Å². The lowest BCUT2D eigenvalue weighted by atomic mass is 9.93. The molecule has 0 bridgehead atoms. The van der Waals surface area contributed by atoms with Gasteiger partial charge < -0.3 is 0 Å². The van der Waals surface area contributed by atoms with Gasteiger partial charge in [0.25, 0.3) is 11.8 Å². The van der Waals surface area contributed by atoms with E-state index in [0.29, 0.717) is 22.4 Å². The zero-order valence-electron chi connectivity index (χ0n) is 23.1. The predicted molar refractivity (Wildman–Crippen MR) is 156 cm³/mol. The van der Waals surface area contributed by atoms with E-state index in [2.05, 4.69) is 4.98 Å². The molecular weight excluding hydrogens is 552 g/mol. The molecule has 2 aromatic heterocycles. The number of benzene rings is 2. The molecule has 1 aliphatic heterocycles. The number of nitrogens with zero attached hydrogens (tertiary/aromatic N) is 6. The minimum absolute atomic E-state index is 0.0537. The maximum atomic E-state index is 13.8. The van der Waals surface area contributed by atoms with Gasteiger partial charge in [0.15, 0.2) is 0 Å². The normalized spacial score (nSPS) is 15.0. The molecule has 11 heteroatoms. The van der Waals surface area contributed by atoms with Crippen LogP contribution in [0.1, 0.15) is 18.1 Å². The number of para-hydroxylation sites is 1. The van der Waals surface area contributed by atoms with Gasteiger partial charge in [-0.15, -0.1) is 0 Å². The SMILES string of the molecule is CC1=C(C#N)C(=O)N(Cc2cccnc2)C(=O)/C1=C/c1cn(-c2ccccc2)nc1-c1cccc(S(=O)(=O)N(C)C)c1. The first-order valence-electron chi connectivity index (χ1n) is 12.9. The summed E-state index contributed by atoms with van der Waals surface area (Å²) in [6.45, 7) is 1.51. The molecule has 2 aromatic carbocycles. The highest BCUT2D eigenvalue weighted by molar-refractivity contribution is 7.89. The van der Waals surface area contributed by atoms with Gasteiger partial charge in [0.1, 0.15) is 17.3 Å². The Hall–Kier alpha value is -5.18. The van der Waals surface area contributed by atoms with Crippen LogP contribution >= 0.6 is 0 Å². The number of rotatable bonds is 7. The standard InChI is InChI=1S/C31H26N6O4S/c1-21-27(30(38)36(31(39)28(21)17-32)19-22-9-8-14-33-18-22)16-24-20-37(25-11-5-4-6-12-25)34-29(24)23-10-7-13-26(15-23)42(40,41)35(2)3/h4-16,18,20H,19H2,1-3H3/b27-16+. The molecule has 10 nitrogen and oxygen atoms in total. The number of imide groups is 1. The van der Waals surface area contributed by atoms with Gasteiger partial charge in [-0.2, -0.15) is 10.4 Å². The Morgan fingerprint density at radius 3 is 2.43 bits per heavy atom. The van der Waals surface area contributed by atoms with Gasteiger partial charge in [0.2, 0.25) is 10.0 Å². The Labute approximate surface area is 243 Å². The largest absolute Gasteiger partial charge is 0.271 e. The van der Waals surface area contributed by atoms with E-state index in [1.807, 2.05) is 36.4 Å². The molecule has 3 heterocycles. The van der Waals surface area contributed by atoms with Crippen molar-refractivity contribution in [3.05, 3.63) is 113 Å². The van der Waals surface area contributed by atoms with E-state index in [4.69, 9.17) is 5.10 Å². The molecule has 0 saturated heterocycles. The number of sulfonamides is 1. The molecule has 0 N–H and O–H groups in total. The summed E-state index contributed by atoms with van der Waals surface area (Å²) in [5, 5.41) is 14.6. The molecule has 0 saturated carbocycles. The van der Waals surface area contributed by atoms with Crippen LogP contribution in [0, 0.1) is 11.3 Å². The van der Waals surface area contributed by atoms with Crippen LogP contribution in [0.2, 0.25) is 0 Å². The average Bonchev–Trinajstić information content (AvgIpc) is 3.43. The van der Waals surface area contributed by atoms with Crippen molar-refractivity contribution in [1.82, 2.24) is 24.0 Å². The van der Waals surface area contributed by atoms with Gasteiger partial charge in [-0.05, 0) is 54.5 Å². The van der Waals surface area contributed by atoms with Crippen molar-refractivity contribution in [3.63, 3.8) is 0 Å². The highest BCUT2D eigenvalue weighted by Crippen LogP contribution is 2.32. The van der Waals surface area contributed by atoms with E-state index < -0.39 is 21.8 Å². The summed E-state index contributed by atoms with van der Waals surface area (Å²) in [6, 6.07) is 21.1. The Balaban J connectivity index is 1.69. The number of hydrogen-bond acceptors (Lipinski definition) is 7. The van der Waals surface area contributed by atoms with E-state index >= 15 is 0 Å². The fraction of sp³-hybridized carbons (Fsp3) is 0.129. The first-order valence-corrected chi connectivity index (χ1v) is 14.3. The van der Waals surface area contributed by atoms with Crippen molar-refractivity contribution in [1.29, 1.82) is 5.26 Å². The number of pyridine rings is 1. The van der Waals surface area contributed by atoms with Gasteiger partial charge >= 0.3 is 0 Å². The minimum atomic E-state index is -3.73. The molecule has 210 valence electrons. The fourth-order valence-corrected chi connectivity index (χ4v) is 5.50. The topological polar surface area (TPSA) is 129 Å². The molecule has 2 amide bonds. The second-order valence-electron chi connectivity index (χ2n) is 9.76. The van der Waals surface area contributed by atoms with Crippen molar-refractivity contribution < 1.29 is 18.0 Å². The second-order valence-corrected chi connectivity index (χ2v) is 11.9. The zero-order valence-corrected chi connectivity index (χ0v) is 23.9. The van der Waals surface area contributed by atoms with Crippen molar-refractivity contribution >= 4 is 27.9 Å². The van der Waals surface area contributed by atoms with E-state index in [0.717, 1.165) is 14.9 Å². The molecule has 5 rings (SSSR count). The summed E-state index contributed by atoms with van der Waals surface area (Å²) in [5.41, 5.74) is 3.05. The molecule has 42 heavy (non-hydrogen) atoms. The van der Waals surface area contributed by atoms with Gasteiger partial charge in [0, 0.05) is 49.4 Å². The number of amides is 2. The Morgan fingerprint density at radius 2 is 1.76 bits per heavy atom. The van der Waals surface area contributed by atoms with Crippen LogP contribution in [-0.2, 0) is 26.2 Å². The summed E-state index contributed by atoms with van der Waals surface area (Å²) in [5.74, 6) is -1.24. The lowest BCUT2D eigenvalue weighted by molar-refractivity contribution is -0.141. The predicted octanol–water partition coefficient (Wildman–Crippen LogP) is 3.98. The summed E-state index contributed by atoms with van der Waals surface area (Å²) in [7, 11) is -0.817. The van der Waals surface area contributed by atoms with Crippen molar-refractivity contribution in [2.75, 3.05) is 14.1 Å². The van der Waals surface area contributed by atoms with Gasteiger partial charge in [-0.25, -0.2) is 17.4 Å². The number of aromatic nitrogens is 3. The first-order chi connectivity index (χ1) is 20.1. The Morgan fingerprint density at radius 1 is 1.00 bits per heavy atom. The van der Waals surface area contributed by atoms with Crippen LogP contribution in [-0.4, -0.2) is 58.3 Å². The first kappa shape index (κ1) is 28.4. The van der Waals surface area contributed by atoms with Crippen LogP contribution < -0.4 is 0 Å². The van der Waals surface area contributed by atoms with Crippen LogP contribution in [0.5, 0.6) is 0 Å². The van der Waals surface area contributed by atoms with Crippen molar-refractivity contribution in [2.45, 2.75) is 18.4 Å². The third-order valence-electron chi connectivity index (χ3n) is 6.84. The summed E-state index contributed by atoms with van der Waals surface area (Å²) >= 11 is 0. The zero-order chi connectivity index (χ0) is 30.0. The second kappa shape index (κ2) is 11.4. The highest BCUT2D eigenvalue weighted by Gasteiger charge is 2.36. The molecule has 0 unspecified atom stereocenters. The molecule has 4 aromatic rings. The minimum Gasteiger partial charge on any atom is -0.269 e. The third-order valence-corrected chi connectivity index (χ3v) is 8.65. The van der Waals surface area contributed by atoms with E-state index in [9.17, 15) is 23.3 Å². The molecule has 0 fully saturated rings. The van der Waals surface area contributed by atoms with Crippen LogP contribution in [0.3, 0.4) is 0 Å². The number of hydrogen-bond donors (Lipinski definition) is 0. The van der Waals surface area contributed by atoms with Crippen LogP contribution in [0.15, 0.2) is 107 Å².